The smallest absolute Gasteiger partial charge is 0.129 e. The van der Waals surface area contributed by atoms with E-state index in [9.17, 15) is 0 Å². The Kier molecular flexibility index (Phi) is 3.45. The molecule has 0 aromatic carbocycles. The summed E-state index contributed by atoms with van der Waals surface area (Å²) in [7, 11) is 2.04. The van der Waals surface area contributed by atoms with E-state index in [0.717, 1.165) is 19.6 Å². The number of nitrogens with zero attached hydrogens (tertiary/aromatic N) is 1. The third kappa shape index (κ3) is 2.62. The van der Waals surface area contributed by atoms with Gasteiger partial charge in [0, 0.05) is 37.6 Å². The number of nitrogens with two attached hydrogens (primary N) is 1. The average molecular weight is 211 g/mol. The van der Waals surface area contributed by atoms with Crippen LogP contribution in [0, 0.1) is 0 Å². The summed E-state index contributed by atoms with van der Waals surface area (Å²) in [5.74, 6) is 0. The lowest BCUT2D eigenvalue weighted by Gasteiger charge is -2.37. The van der Waals surface area contributed by atoms with Gasteiger partial charge in [0.05, 0.1) is 0 Å². The average Bonchev–Trinajstić information content (AvgIpc) is 2.30. The SMILES string of the molecule is CNC1CCN(C2=CNC(N)NC2)CC1. The van der Waals surface area contributed by atoms with Gasteiger partial charge in [0.25, 0.3) is 0 Å². The minimum Gasteiger partial charge on any atom is -0.372 e. The van der Waals surface area contributed by atoms with Gasteiger partial charge in [0.2, 0.25) is 0 Å². The van der Waals surface area contributed by atoms with E-state index in [1.165, 1.54) is 18.5 Å². The van der Waals surface area contributed by atoms with E-state index in [1.807, 2.05) is 13.2 Å². The summed E-state index contributed by atoms with van der Waals surface area (Å²) in [6.45, 7) is 3.14. The molecule has 0 aliphatic carbocycles. The Balaban J connectivity index is 1.85. The van der Waals surface area contributed by atoms with E-state index in [-0.39, 0.29) is 6.29 Å². The molecule has 2 aliphatic heterocycles. The van der Waals surface area contributed by atoms with Crippen molar-refractivity contribution in [2.45, 2.75) is 25.2 Å². The summed E-state index contributed by atoms with van der Waals surface area (Å²) < 4.78 is 0. The minimum atomic E-state index is -0.0939. The maximum atomic E-state index is 5.67. The normalized spacial score (nSPS) is 28.5. The van der Waals surface area contributed by atoms with Gasteiger partial charge in [-0.3, -0.25) is 11.1 Å². The summed E-state index contributed by atoms with van der Waals surface area (Å²) in [5, 5.41) is 9.63. The topological polar surface area (TPSA) is 65.3 Å². The first-order valence-electron chi connectivity index (χ1n) is 5.66. The molecular weight excluding hydrogens is 190 g/mol. The van der Waals surface area contributed by atoms with Gasteiger partial charge >= 0.3 is 0 Å². The van der Waals surface area contributed by atoms with Gasteiger partial charge in [-0.1, -0.05) is 0 Å². The molecule has 1 saturated heterocycles. The van der Waals surface area contributed by atoms with E-state index in [0.29, 0.717) is 6.04 Å². The van der Waals surface area contributed by atoms with Crippen LogP contribution in [0.2, 0.25) is 0 Å². The molecule has 5 N–H and O–H groups in total. The van der Waals surface area contributed by atoms with E-state index < -0.39 is 0 Å². The molecule has 0 bridgehead atoms. The Labute approximate surface area is 91.1 Å². The summed E-state index contributed by atoms with van der Waals surface area (Å²) in [6.07, 6.45) is 4.39. The van der Waals surface area contributed by atoms with Gasteiger partial charge in [-0.25, -0.2) is 0 Å². The molecule has 0 amide bonds. The zero-order valence-corrected chi connectivity index (χ0v) is 9.29. The second-order valence-corrected chi connectivity index (χ2v) is 4.21. The van der Waals surface area contributed by atoms with E-state index >= 15 is 0 Å². The number of likely N-dealkylation sites (tertiary alicyclic amines) is 1. The maximum absolute atomic E-state index is 5.67. The van der Waals surface area contributed by atoms with Gasteiger partial charge in [-0.2, -0.15) is 0 Å². The molecule has 0 radical (unpaired) electrons. The highest BCUT2D eigenvalue weighted by molar-refractivity contribution is 5.07. The van der Waals surface area contributed by atoms with Crippen LogP contribution in [0.5, 0.6) is 0 Å². The van der Waals surface area contributed by atoms with Crippen molar-refractivity contribution in [3.63, 3.8) is 0 Å². The summed E-state index contributed by atoms with van der Waals surface area (Å²) in [6, 6.07) is 0.689. The zero-order chi connectivity index (χ0) is 10.7. The predicted octanol–water partition coefficient (Wildman–Crippen LogP) is -1.05. The number of rotatable bonds is 2. The predicted molar refractivity (Wildman–Crippen MR) is 60.9 cm³/mol. The lowest BCUT2D eigenvalue weighted by Crippen LogP contribution is -2.53. The zero-order valence-electron chi connectivity index (χ0n) is 9.29. The van der Waals surface area contributed by atoms with Crippen LogP contribution in [0.15, 0.2) is 11.9 Å². The number of hydrogen-bond donors (Lipinski definition) is 4. The molecule has 0 saturated carbocycles. The fourth-order valence-electron chi connectivity index (χ4n) is 2.17. The Morgan fingerprint density at radius 1 is 1.47 bits per heavy atom. The van der Waals surface area contributed by atoms with Crippen molar-refractivity contribution in [1.29, 1.82) is 0 Å². The van der Waals surface area contributed by atoms with Crippen molar-refractivity contribution in [2.75, 3.05) is 26.7 Å². The first-order chi connectivity index (χ1) is 7.29. The fourth-order valence-corrected chi connectivity index (χ4v) is 2.17. The highest BCUT2D eigenvalue weighted by Crippen LogP contribution is 2.15. The third-order valence-electron chi connectivity index (χ3n) is 3.24. The first kappa shape index (κ1) is 10.7. The number of hydrogen-bond acceptors (Lipinski definition) is 5. The van der Waals surface area contributed by atoms with Crippen molar-refractivity contribution in [1.82, 2.24) is 20.9 Å². The lowest BCUT2D eigenvalue weighted by atomic mass is 10.0. The summed E-state index contributed by atoms with van der Waals surface area (Å²) in [5.41, 5.74) is 7.00. The van der Waals surface area contributed by atoms with Gasteiger partial charge in [-0.15, -0.1) is 0 Å². The molecule has 1 atom stereocenters. The van der Waals surface area contributed by atoms with Crippen LogP contribution < -0.4 is 21.7 Å². The Morgan fingerprint density at radius 2 is 2.20 bits per heavy atom. The van der Waals surface area contributed by atoms with Crippen molar-refractivity contribution in [2.24, 2.45) is 5.73 Å². The maximum Gasteiger partial charge on any atom is 0.129 e. The molecule has 5 heteroatoms. The van der Waals surface area contributed by atoms with Gasteiger partial charge in [-0.05, 0) is 19.9 Å². The Morgan fingerprint density at radius 3 is 2.73 bits per heavy atom. The van der Waals surface area contributed by atoms with Crippen molar-refractivity contribution < 1.29 is 0 Å². The van der Waals surface area contributed by atoms with Crippen LogP contribution in [0.1, 0.15) is 12.8 Å². The highest BCUT2D eigenvalue weighted by atomic mass is 15.3. The van der Waals surface area contributed by atoms with Crippen LogP contribution in [-0.2, 0) is 0 Å². The molecule has 2 heterocycles. The largest absolute Gasteiger partial charge is 0.372 e. The van der Waals surface area contributed by atoms with Crippen LogP contribution in [-0.4, -0.2) is 43.9 Å². The second kappa shape index (κ2) is 4.83. The molecule has 0 aromatic heterocycles. The molecule has 2 aliphatic rings. The van der Waals surface area contributed by atoms with Gasteiger partial charge < -0.3 is 15.5 Å². The lowest BCUT2D eigenvalue weighted by molar-refractivity contribution is 0.233. The summed E-state index contributed by atoms with van der Waals surface area (Å²) in [4.78, 5) is 2.43. The van der Waals surface area contributed by atoms with Crippen LogP contribution in [0.4, 0.5) is 0 Å². The fraction of sp³-hybridized carbons (Fsp3) is 0.800. The van der Waals surface area contributed by atoms with E-state index in [1.54, 1.807) is 0 Å². The molecule has 5 nitrogen and oxygen atoms in total. The molecule has 15 heavy (non-hydrogen) atoms. The van der Waals surface area contributed by atoms with Crippen molar-refractivity contribution >= 4 is 0 Å². The van der Waals surface area contributed by atoms with Gasteiger partial charge in [0.1, 0.15) is 6.29 Å². The minimum absolute atomic E-state index is 0.0939. The van der Waals surface area contributed by atoms with Crippen LogP contribution in [0.3, 0.4) is 0 Å². The van der Waals surface area contributed by atoms with Crippen LogP contribution in [0.25, 0.3) is 0 Å². The van der Waals surface area contributed by atoms with E-state index in [2.05, 4.69) is 20.9 Å². The molecule has 0 spiro atoms. The molecule has 2 rings (SSSR count). The van der Waals surface area contributed by atoms with Gasteiger partial charge in [0.15, 0.2) is 0 Å². The number of piperidine rings is 1. The van der Waals surface area contributed by atoms with Crippen LogP contribution >= 0.6 is 0 Å². The third-order valence-corrected chi connectivity index (χ3v) is 3.24. The molecule has 0 aromatic rings. The summed E-state index contributed by atoms with van der Waals surface area (Å²) >= 11 is 0. The second-order valence-electron chi connectivity index (χ2n) is 4.21. The molecule has 1 fully saturated rings. The molecule has 86 valence electrons. The standard InChI is InChI=1S/C10H21N5/c1-12-8-2-4-15(5-3-8)9-6-13-10(11)14-7-9/h6,8,10,12-14H,2-5,7,11H2,1H3. The van der Waals surface area contributed by atoms with Crippen molar-refractivity contribution in [3.05, 3.63) is 11.9 Å². The quantitative estimate of drug-likeness (QED) is 0.469. The first-order valence-corrected chi connectivity index (χ1v) is 5.66. The number of nitrogens with one attached hydrogen (secondary N) is 3. The molecule has 1 unspecified atom stereocenters. The van der Waals surface area contributed by atoms with Crippen molar-refractivity contribution in [3.8, 4) is 0 Å². The Bertz CT molecular complexity index is 232. The monoisotopic (exact) mass is 211 g/mol. The van der Waals surface area contributed by atoms with E-state index in [4.69, 9.17) is 5.73 Å². The highest BCUT2D eigenvalue weighted by Gasteiger charge is 2.21. The Hall–Kier alpha value is -0.780. The molecular formula is C10H21N5.